The van der Waals surface area contributed by atoms with Gasteiger partial charge in [0, 0.05) is 5.02 Å². The molecule has 0 saturated carbocycles. The lowest BCUT2D eigenvalue weighted by Crippen LogP contribution is -2.54. The van der Waals surface area contributed by atoms with Gasteiger partial charge in [0.05, 0.1) is 16.8 Å². The fourth-order valence-corrected chi connectivity index (χ4v) is 3.54. The fourth-order valence-electron chi connectivity index (χ4n) is 2.62. The van der Waals surface area contributed by atoms with Gasteiger partial charge >= 0.3 is 0 Å². The molecule has 1 aliphatic rings. The molecule has 0 radical (unpaired) electrons. The lowest BCUT2D eigenvalue weighted by Gasteiger charge is -2.29. The Morgan fingerprint density at radius 1 is 1.32 bits per heavy atom. The maximum atomic E-state index is 13.0. The Bertz CT molecular complexity index is 1020. The van der Waals surface area contributed by atoms with Crippen molar-refractivity contribution < 1.29 is 19.4 Å². The zero-order valence-electron chi connectivity index (χ0n) is 14.5. The lowest BCUT2D eigenvalue weighted by molar-refractivity contribution is -0.122. The second kappa shape index (κ2) is 8.30. The van der Waals surface area contributed by atoms with Gasteiger partial charge in [-0.05, 0) is 77.0 Å². The van der Waals surface area contributed by atoms with Crippen LogP contribution >= 0.6 is 39.7 Å². The highest BCUT2D eigenvalue weighted by Crippen LogP contribution is 2.36. The summed E-state index contributed by atoms with van der Waals surface area (Å²) < 4.78 is 5.75. The maximum Gasteiger partial charge on any atom is 0.270 e. The van der Waals surface area contributed by atoms with Crippen LogP contribution in [-0.2, 0) is 9.59 Å². The Morgan fingerprint density at radius 2 is 2.07 bits per heavy atom. The molecule has 2 amide bonds. The number of amides is 2. The largest absolute Gasteiger partial charge is 0.503 e. The number of anilines is 1. The molecule has 1 fully saturated rings. The number of carbonyl (C=O) groups is 2. The van der Waals surface area contributed by atoms with E-state index in [2.05, 4.69) is 21.2 Å². The van der Waals surface area contributed by atoms with Crippen LogP contribution in [0.25, 0.3) is 6.08 Å². The molecule has 2 N–H and O–H groups in total. The zero-order valence-corrected chi connectivity index (χ0v) is 17.7. The number of carbonyl (C=O) groups excluding carboxylic acids is 2. The number of hydrogen-bond acceptors (Lipinski definition) is 5. The molecular formula is C19H14BrClN2O4S. The van der Waals surface area contributed by atoms with E-state index in [0.29, 0.717) is 27.4 Å². The maximum absolute atomic E-state index is 13.0. The van der Waals surface area contributed by atoms with Gasteiger partial charge in [-0.3, -0.25) is 19.8 Å². The minimum absolute atomic E-state index is 0.0312. The van der Waals surface area contributed by atoms with Gasteiger partial charge in [0.15, 0.2) is 16.6 Å². The van der Waals surface area contributed by atoms with Gasteiger partial charge in [0.25, 0.3) is 11.8 Å². The third-order valence-electron chi connectivity index (χ3n) is 3.83. The minimum Gasteiger partial charge on any atom is -0.503 e. The Labute approximate surface area is 179 Å². The van der Waals surface area contributed by atoms with Gasteiger partial charge in [0.2, 0.25) is 0 Å². The van der Waals surface area contributed by atoms with Crippen molar-refractivity contribution in [3.8, 4) is 11.5 Å². The van der Waals surface area contributed by atoms with Crippen LogP contribution in [0, 0.1) is 0 Å². The molecule has 9 heteroatoms. The molecular weight excluding hydrogens is 468 g/mol. The predicted octanol–water partition coefficient (Wildman–Crippen LogP) is 4.04. The molecule has 3 rings (SSSR count). The molecule has 0 aliphatic carbocycles. The van der Waals surface area contributed by atoms with Crippen molar-refractivity contribution in [1.29, 1.82) is 0 Å². The standard InChI is InChI=1S/C19H14BrClN2O4S/c1-2-27-15-8-10(7-14(20)16(15)24)6-13-17(25)22-19(28)23(18(13)26)12-5-3-4-11(21)9-12/h3-9,24H,2H2,1H3,(H,22,25,28). The van der Waals surface area contributed by atoms with E-state index in [0.717, 1.165) is 0 Å². The summed E-state index contributed by atoms with van der Waals surface area (Å²) in [4.78, 5) is 26.6. The highest BCUT2D eigenvalue weighted by Gasteiger charge is 2.34. The summed E-state index contributed by atoms with van der Waals surface area (Å²) in [7, 11) is 0. The zero-order chi connectivity index (χ0) is 20.4. The van der Waals surface area contributed by atoms with Crippen molar-refractivity contribution in [2.75, 3.05) is 11.5 Å². The number of nitrogens with zero attached hydrogens (tertiary/aromatic N) is 1. The van der Waals surface area contributed by atoms with E-state index in [4.69, 9.17) is 28.6 Å². The van der Waals surface area contributed by atoms with Crippen LogP contribution in [0.3, 0.4) is 0 Å². The highest BCUT2D eigenvalue weighted by atomic mass is 79.9. The first-order valence-corrected chi connectivity index (χ1v) is 9.72. The smallest absolute Gasteiger partial charge is 0.270 e. The summed E-state index contributed by atoms with van der Waals surface area (Å²) in [5.41, 5.74) is 0.814. The quantitative estimate of drug-likeness (QED) is 0.391. The predicted molar refractivity (Wildman–Crippen MR) is 115 cm³/mol. The van der Waals surface area contributed by atoms with Gasteiger partial charge < -0.3 is 9.84 Å². The van der Waals surface area contributed by atoms with Crippen molar-refractivity contribution in [3.05, 3.63) is 57.0 Å². The van der Waals surface area contributed by atoms with Crippen molar-refractivity contribution in [2.24, 2.45) is 0 Å². The number of thiocarbonyl (C=S) groups is 1. The van der Waals surface area contributed by atoms with Crippen LogP contribution in [0.15, 0.2) is 46.4 Å². The third-order valence-corrected chi connectivity index (χ3v) is 4.95. The molecule has 0 atom stereocenters. The first-order valence-electron chi connectivity index (χ1n) is 8.14. The van der Waals surface area contributed by atoms with E-state index < -0.39 is 11.8 Å². The molecule has 1 saturated heterocycles. The van der Waals surface area contributed by atoms with Gasteiger partial charge in [0.1, 0.15) is 5.57 Å². The van der Waals surface area contributed by atoms with Gasteiger partial charge in [-0.25, -0.2) is 0 Å². The fraction of sp³-hybridized carbons (Fsp3) is 0.105. The highest BCUT2D eigenvalue weighted by molar-refractivity contribution is 9.10. The molecule has 1 heterocycles. The van der Waals surface area contributed by atoms with E-state index in [9.17, 15) is 14.7 Å². The number of benzene rings is 2. The summed E-state index contributed by atoms with van der Waals surface area (Å²) >= 11 is 14.4. The Morgan fingerprint density at radius 3 is 2.75 bits per heavy atom. The summed E-state index contributed by atoms with van der Waals surface area (Å²) in [5, 5.41) is 12.9. The molecule has 0 bridgehead atoms. The number of aromatic hydroxyl groups is 1. The molecule has 28 heavy (non-hydrogen) atoms. The second-order valence-corrected chi connectivity index (χ2v) is 7.40. The number of halogens is 2. The van der Waals surface area contributed by atoms with Crippen LogP contribution < -0.4 is 15.0 Å². The van der Waals surface area contributed by atoms with Crippen LogP contribution in [0.5, 0.6) is 11.5 Å². The normalized spacial score (nSPS) is 15.8. The van der Waals surface area contributed by atoms with Crippen LogP contribution in [0.2, 0.25) is 5.02 Å². The molecule has 144 valence electrons. The van der Waals surface area contributed by atoms with Crippen LogP contribution in [0.4, 0.5) is 5.69 Å². The van der Waals surface area contributed by atoms with Crippen LogP contribution in [0.1, 0.15) is 12.5 Å². The topological polar surface area (TPSA) is 78.9 Å². The van der Waals surface area contributed by atoms with Gasteiger partial charge in [-0.1, -0.05) is 17.7 Å². The van der Waals surface area contributed by atoms with E-state index in [1.807, 2.05) is 0 Å². The number of phenols is 1. The van der Waals surface area contributed by atoms with E-state index in [-0.39, 0.29) is 22.2 Å². The summed E-state index contributed by atoms with van der Waals surface area (Å²) in [6.07, 6.45) is 1.41. The Balaban J connectivity index is 2.04. The summed E-state index contributed by atoms with van der Waals surface area (Å²) in [5.74, 6) is -1.03. The van der Waals surface area contributed by atoms with Gasteiger partial charge in [-0.2, -0.15) is 0 Å². The molecule has 2 aromatic carbocycles. The molecule has 0 spiro atoms. The van der Waals surface area contributed by atoms with Crippen molar-refractivity contribution in [1.82, 2.24) is 5.32 Å². The number of ether oxygens (including phenoxy) is 1. The molecule has 2 aromatic rings. The Kier molecular flexibility index (Phi) is 6.02. The first-order chi connectivity index (χ1) is 13.3. The summed E-state index contributed by atoms with van der Waals surface area (Å²) in [6.45, 7) is 2.12. The third kappa shape index (κ3) is 4.04. The summed E-state index contributed by atoms with van der Waals surface area (Å²) in [6, 6.07) is 9.69. The van der Waals surface area contributed by atoms with E-state index in [1.54, 1.807) is 37.3 Å². The lowest BCUT2D eigenvalue weighted by atomic mass is 10.1. The van der Waals surface area contributed by atoms with Gasteiger partial charge in [-0.15, -0.1) is 0 Å². The average Bonchev–Trinajstić information content (AvgIpc) is 2.63. The number of hydrogen-bond donors (Lipinski definition) is 2. The first kappa shape index (κ1) is 20.3. The Hall–Kier alpha value is -2.42. The van der Waals surface area contributed by atoms with E-state index in [1.165, 1.54) is 17.0 Å². The second-order valence-electron chi connectivity index (χ2n) is 5.72. The number of rotatable bonds is 4. The SMILES string of the molecule is CCOc1cc(C=C2C(=O)NC(=S)N(c3cccc(Cl)c3)C2=O)cc(Br)c1O. The van der Waals surface area contributed by atoms with E-state index >= 15 is 0 Å². The molecule has 1 aliphatic heterocycles. The number of nitrogens with one attached hydrogen (secondary N) is 1. The van der Waals surface area contributed by atoms with Crippen LogP contribution in [-0.4, -0.2) is 28.6 Å². The van der Waals surface area contributed by atoms with Crippen molar-refractivity contribution in [3.63, 3.8) is 0 Å². The minimum atomic E-state index is -0.615. The van der Waals surface area contributed by atoms with Crippen molar-refractivity contribution >= 4 is 68.4 Å². The van der Waals surface area contributed by atoms with Crippen molar-refractivity contribution in [2.45, 2.75) is 6.92 Å². The molecule has 6 nitrogen and oxygen atoms in total. The number of phenolic OH excluding ortho intramolecular Hbond substituents is 1. The monoisotopic (exact) mass is 480 g/mol. The molecule has 0 unspecified atom stereocenters. The molecule has 0 aromatic heterocycles. The average molecular weight is 482 g/mol.